The summed E-state index contributed by atoms with van der Waals surface area (Å²) >= 11 is 9.52. The van der Waals surface area contributed by atoms with Gasteiger partial charge in [0.05, 0.1) is 47.1 Å². The van der Waals surface area contributed by atoms with E-state index in [1.807, 2.05) is 124 Å². The molecule has 0 aliphatic carbocycles. The van der Waals surface area contributed by atoms with E-state index < -0.39 is 30.3 Å². The second-order valence-corrected chi connectivity index (χ2v) is 20.8. The Morgan fingerprint density at radius 3 is 2.41 bits per heavy atom. The van der Waals surface area contributed by atoms with Gasteiger partial charge in [-0.15, -0.1) is 32.9 Å². The van der Waals surface area contributed by atoms with Crippen LogP contribution in [0.25, 0.3) is 26.6 Å². The normalized spacial score (nSPS) is 17.4. The molecule has 0 saturated carbocycles. The van der Waals surface area contributed by atoms with Gasteiger partial charge in [0.25, 0.3) is 0 Å². The molecule has 1 unspecified atom stereocenters. The van der Waals surface area contributed by atoms with Gasteiger partial charge in [-0.25, -0.2) is 4.98 Å². The maximum Gasteiger partial charge on any atom is 0.248 e. The van der Waals surface area contributed by atoms with Crippen molar-refractivity contribution in [1.29, 1.82) is 0 Å². The first-order chi connectivity index (χ1) is 33.6. The van der Waals surface area contributed by atoms with Crippen molar-refractivity contribution in [3.63, 3.8) is 0 Å². The van der Waals surface area contributed by atoms with Crippen LogP contribution in [0.4, 0.5) is 0 Å². The monoisotopic (exact) mass is 998 g/mol. The van der Waals surface area contributed by atoms with Crippen LogP contribution >= 0.6 is 34.3 Å². The van der Waals surface area contributed by atoms with Crippen LogP contribution in [0, 0.1) is 33.6 Å². The van der Waals surface area contributed by atoms with Crippen LogP contribution in [0.3, 0.4) is 0 Å². The molecule has 9 rings (SSSR count). The Morgan fingerprint density at radius 1 is 0.929 bits per heavy atom. The number of ether oxygens (including phenoxy) is 1. The number of amides is 3. The number of nitrogens with one attached hydrogen (secondary N) is 2. The Balaban J connectivity index is 0.831. The van der Waals surface area contributed by atoms with Crippen LogP contribution < -0.4 is 15.4 Å². The Bertz CT molecular complexity index is 3080. The van der Waals surface area contributed by atoms with Crippen molar-refractivity contribution in [3.05, 3.63) is 140 Å². The molecular formula is C52H55ClN10O5S2. The molecule has 0 bridgehead atoms. The van der Waals surface area contributed by atoms with E-state index in [4.69, 9.17) is 21.3 Å². The summed E-state index contributed by atoms with van der Waals surface area (Å²) in [7, 11) is 0. The Morgan fingerprint density at radius 2 is 1.69 bits per heavy atom. The third-order valence-electron chi connectivity index (χ3n) is 12.9. The molecule has 1 saturated heterocycles. The smallest absolute Gasteiger partial charge is 0.248 e. The van der Waals surface area contributed by atoms with E-state index >= 15 is 0 Å². The summed E-state index contributed by atoms with van der Waals surface area (Å²) in [5.41, 5.74) is 10.2. The lowest BCUT2D eigenvalue weighted by atomic mass is 9.99. The number of aromatic nitrogens is 6. The van der Waals surface area contributed by atoms with Crippen LogP contribution in [0.2, 0.25) is 5.02 Å². The second kappa shape index (κ2) is 20.4. The molecule has 18 heteroatoms. The molecule has 3 N–H and O–H groups in total. The molecule has 15 nitrogen and oxygen atoms in total. The largest absolute Gasteiger partial charge is 0.489 e. The third-order valence-corrected chi connectivity index (χ3v) is 15.3. The number of thiophene rings is 1. The van der Waals surface area contributed by atoms with Gasteiger partial charge in [0.1, 0.15) is 40.8 Å². The number of aliphatic hydroxyl groups excluding tert-OH is 1. The van der Waals surface area contributed by atoms with Crippen LogP contribution in [-0.2, 0) is 20.9 Å². The average molecular weight is 1000 g/mol. The molecule has 5 atom stereocenters. The molecule has 1 fully saturated rings. The minimum atomic E-state index is -0.832. The zero-order valence-electron chi connectivity index (χ0n) is 40.0. The molecular weight excluding hydrogens is 944 g/mol. The number of aliphatic hydroxyl groups is 1. The number of thiazole rings is 1. The van der Waals surface area contributed by atoms with Crippen LogP contribution in [0.15, 0.2) is 95.7 Å². The highest BCUT2D eigenvalue weighted by Gasteiger charge is 2.42. The fourth-order valence-corrected chi connectivity index (χ4v) is 11.3. The summed E-state index contributed by atoms with van der Waals surface area (Å²) in [6.45, 7) is 14.4. The number of hydrogen-bond donors (Lipinski definition) is 3. The summed E-state index contributed by atoms with van der Waals surface area (Å²) < 4.78 is 9.99. The van der Waals surface area contributed by atoms with Gasteiger partial charge < -0.3 is 25.4 Å². The van der Waals surface area contributed by atoms with Crippen molar-refractivity contribution in [1.82, 2.24) is 45.1 Å². The molecule has 0 radical (unpaired) electrons. The highest BCUT2D eigenvalue weighted by Crippen LogP contribution is 2.40. The summed E-state index contributed by atoms with van der Waals surface area (Å²) in [4.78, 5) is 55.0. The molecule has 362 valence electrons. The topological polar surface area (TPSA) is 182 Å². The van der Waals surface area contributed by atoms with E-state index in [0.717, 1.165) is 70.9 Å². The minimum Gasteiger partial charge on any atom is -0.489 e. The predicted octanol–water partition coefficient (Wildman–Crippen LogP) is 8.54. The summed E-state index contributed by atoms with van der Waals surface area (Å²) in [5.74, 6) is 0.919. The highest BCUT2D eigenvalue weighted by molar-refractivity contribution is 7.15. The van der Waals surface area contributed by atoms with Crippen molar-refractivity contribution >= 4 is 57.7 Å². The molecule has 4 aromatic heterocycles. The van der Waals surface area contributed by atoms with Gasteiger partial charge in [0.2, 0.25) is 17.7 Å². The van der Waals surface area contributed by atoms with Gasteiger partial charge in [0.15, 0.2) is 5.82 Å². The van der Waals surface area contributed by atoms with E-state index in [1.165, 1.54) is 4.90 Å². The highest BCUT2D eigenvalue weighted by atomic mass is 35.5. The van der Waals surface area contributed by atoms with E-state index in [-0.39, 0.29) is 56.1 Å². The van der Waals surface area contributed by atoms with Crippen molar-refractivity contribution in [2.75, 3.05) is 13.1 Å². The molecule has 0 spiro atoms. The molecule has 2 aliphatic rings. The molecule has 3 amide bonds. The van der Waals surface area contributed by atoms with Crippen molar-refractivity contribution < 1.29 is 24.2 Å². The maximum atomic E-state index is 14.4. The zero-order valence-corrected chi connectivity index (χ0v) is 42.4. The Hall–Kier alpha value is -6.53. The number of β-amino-alcohol motifs (C(OH)–C–C–N with tert-alkyl or cyclic N) is 1. The van der Waals surface area contributed by atoms with Gasteiger partial charge in [-0.05, 0) is 87.1 Å². The van der Waals surface area contributed by atoms with Crippen LogP contribution in [-0.4, -0.2) is 94.3 Å². The van der Waals surface area contributed by atoms with Crippen molar-refractivity contribution in [2.45, 2.75) is 98.2 Å². The lowest BCUT2D eigenvalue weighted by Gasteiger charge is -2.30. The Kier molecular flexibility index (Phi) is 14.2. The number of rotatable bonds is 15. The maximum absolute atomic E-state index is 14.4. The van der Waals surface area contributed by atoms with Crippen molar-refractivity contribution in [3.8, 4) is 32.3 Å². The van der Waals surface area contributed by atoms with E-state index in [9.17, 15) is 19.5 Å². The predicted molar refractivity (Wildman–Crippen MR) is 273 cm³/mol. The summed E-state index contributed by atoms with van der Waals surface area (Å²) in [5, 5.41) is 32.0. The van der Waals surface area contributed by atoms with E-state index in [2.05, 4.69) is 44.8 Å². The van der Waals surface area contributed by atoms with Crippen molar-refractivity contribution in [2.24, 2.45) is 10.9 Å². The number of carbonyl (C=O) groups excluding carboxylic acids is 3. The first-order valence-corrected chi connectivity index (χ1v) is 25.4. The number of aryl methyl sites for hydroxylation is 3. The van der Waals surface area contributed by atoms with Crippen LogP contribution in [0.5, 0.6) is 5.75 Å². The minimum absolute atomic E-state index is 0.0462. The average Bonchev–Trinajstić information content (AvgIpc) is 4.19. The number of benzene rings is 3. The third kappa shape index (κ3) is 10.1. The molecule has 6 heterocycles. The first-order valence-electron chi connectivity index (χ1n) is 23.3. The molecule has 3 aromatic carbocycles. The fourth-order valence-electron chi connectivity index (χ4n) is 9.14. The second-order valence-electron chi connectivity index (χ2n) is 18.3. The van der Waals surface area contributed by atoms with Gasteiger partial charge in [0, 0.05) is 52.3 Å². The number of aliphatic imine (C=N–C) groups is 1. The summed E-state index contributed by atoms with van der Waals surface area (Å²) in [6, 6.07) is 21.0. The number of hydrogen-bond acceptors (Lipinski definition) is 12. The number of nitrogens with zero attached hydrogens (tertiary/aromatic N) is 8. The number of likely N-dealkylation sites (tertiary alicyclic amines) is 1. The lowest BCUT2D eigenvalue weighted by molar-refractivity contribution is -0.142. The number of fused-ring (bicyclic) bond motifs is 3. The summed E-state index contributed by atoms with van der Waals surface area (Å²) in [6.07, 6.45) is 2.49. The van der Waals surface area contributed by atoms with E-state index in [0.29, 0.717) is 16.6 Å². The fraction of sp³-hybridized carbons (Fsp3) is 0.346. The number of carbonyl (C=O) groups is 3. The molecule has 2 aliphatic heterocycles. The zero-order chi connectivity index (χ0) is 49.4. The van der Waals surface area contributed by atoms with Gasteiger partial charge in [-0.3, -0.25) is 28.6 Å². The standard InChI is InChI=1S/C52H55ClN10O5S2/c1-28(2)47(51(67)61-26-40(64)20-43(61)50(66)55-23-34-11-13-36(14-12-34)48-31(5)56-27-69-48)62-25-38(24-57-62)37-9-8-10-41(19-37)68-29(3)22-54-44(65)21-42-49-60-59-33(7)63(49)52-45(30(4)32(6)70-52)46(58-42)35-15-17-39(53)18-16-35/h8-19,24-25,27-29,40,42-43,47,64H,20-23,26H2,1-7H3,(H,54,65)(H,55,66)/t29-,40+,42-,43-,47?/m0/s1. The number of halogens is 1. The quantitative estimate of drug-likeness (QED) is 0.0907. The van der Waals surface area contributed by atoms with Gasteiger partial charge in [-0.2, -0.15) is 5.10 Å². The first kappa shape index (κ1) is 48.5. The SMILES string of the molecule is Cc1ncsc1-c1ccc(CNC(=O)[C@@H]2C[C@@H](O)CN2C(=O)C(C(C)C)n2cc(-c3cccc(O[C@@H](C)CNC(=O)C[C@@H]4N=C(c5ccc(Cl)cc5)c5c(sc(C)c5C)-n5c(C)nnc54)c3)cn2)cc1. The van der Waals surface area contributed by atoms with Gasteiger partial charge >= 0.3 is 0 Å². The van der Waals surface area contributed by atoms with Gasteiger partial charge in [-0.1, -0.05) is 74.0 Å². The molecule has 7 aromatic rings. The molecule has 70 heavy (non-hydrogen) atoms. The van der Waals surface area contributed by atoms with E-state index in [1.54, 1.807) is 33.6 Å². The lowest BCUT2D eigenvalue weighted by Crippen LogP contribution is -2.49. The van der Waals surface area contributed by atoms with Crippen LogP contribution in [0.1, 0.15) is 90.2 Å². The Labute approximate surface area is 419 Å².